The molecule has 0 spiro atoms. The summed E-state index contributed by atoms with van der Waals surface area (Å²) in [6.45, 7) is 5.58. The van der Waals surface area contributed by atoms with Crippen molar-refractivity contribution in [3.63, 3.8) is 0 Å². The summed E-state index contributed by atoms with van der Waals surface area (Å²) in [6, 6.07) is 9.90. The van der Waals surface area contributed by atoms with Crippen LogP contribution in [0.15, 0.2) is 30.3 Å². The van der Waals surface area contributed by atoms with Gasteiger partial charge in [0.1, 0.15) is 6.61 Å². The van der Waals surface area contributed by atoms with Gasteiger partial charge in [0.2, 0.25) is 0 Å². The zero-order chi connectivity index (χ0) is 15.8. The summed E-state index contributed by atoms with van der Waals surface area (Å²) in [7, 11) is 0. The molecule has 0 unspecified atom stereocenters. The van der Waals surface area contributed by atoms with Crippen LogP contribution >= 0.6 is 0 Å². The van der Waals surface area contributed by atoms with Crippen molar-refractivity contribution < 1.29 is 14.6 Å². The Morgan fingerprint density at radius 1 is 1.41 bits per heavy atom. The Hall–Kier alpha value is -1.59. The summed E-state index contributed by atoms with van der Waals surface area (Å²) < 4.78 is 5.45. The third-order valence-corrected chi connectivity index (χ3v) is 4.12. The SMILES string of the molecule is CCN(C(=O)OCc1ccccc1)[C@H]1CCCN(CCO)C1. The molecule has 122 valence electrons. The van der Waals surface area contributed by atoms with Crippen LogP contribution in [0.3, 0.4) is 0 Å². The molecule has 1 aromatic carbocycles. The van der Waals surface area contributed by atoms with Crippen LogP contribution in [-0.2, 0) is 11.3 Å². The number of likely N-dealkylation sites (N-methyl/N-ethyl adjacent to an activating group) is 1. The van der Waals surface area contributed by atoms with Crippen LogP contribution in [0.5, 0.6) is 0 Å². The first-order chi connectivity index (χ1) is 10.7. The zero-order valence-corrected chi connectivity index (χ0v) is 13.3. The van der Waals surface area contributed by atoms with Crippen molar-refractivity contribution in [3.8, 4) is 0 Å². The van der Waals surface area contributed by atoms with E-state index in [1.807, 2.05) is 42.2 Å². The highest BCUT2D eigenvalue weighted by Gasteiger charge is 2.28. The fourth-order valence-electron chi connectivity index (χ4n) is 2.97. The van der Waals surface area contributed by atoms with E-state index in [9.17, 15) is 4.79 Å². The Labute approximate surface area is 132 Å². The maximum Gasteiger partial charge on any atom is 0.410 e. The third-order valence-electron chi connectivity index (χ3n) is 4.12. The second-order valence-electron chi connectivity index (χ2n) is 5.65. The minimum Gasteiger partial charge on any atom is -0.445 e. The van der Waals surface area contributed by atoms with E-state index in [4.69, 9.17) is 9.84 Å². The van der Waals surface area contributed by atoms with Gasteiger partial charge in [-0.25, -0.2) is 4.79 Å². The molecule has 5 nitrogen and oxygen atoms in total. The van der Waals surface area contributed by atoms with Crippen molar-refractivity contribution >= 4 is 6.09 Å². The molecule has 1 aromatic rings. The second kappa shape index (κ2) is 8.76. The van der Waals surface area contributed by atoms with Crippen LogP contribution in [-0.4, -0.2) is 59.8 Å². The van der Waals surface area contributed by atoms with Gasteiger partial charge in [-0.2, -0.15) is 0 Å². The van der Waals surface area contributed by atoms with Crippen molar-refractivity contribution in [1.82, 2.24) is 9.80 Å². The van der Waals surface area contributed by atoms with Gasteiger partial charge in [-0.05, 0) is 31.9 Å². The predicted molar refractivity (Wildman–Crippen MR) is 85.6 cm³/mol. The molecule has 0 saturated carbocycles. The van der Waals surface area contributed by atoms with Crippen LogP contribution < -0.4 is 0 Å². The normalized spacial score (nSPS) is 18.9. The standard InChI is InChI=1S/C17H26N2O3/c1-2-19(16-9-6-10-18(13-16)11-12-20)17(21)22-14-15-7-4-3-5-8-15/h3-5,7-8,16,20H,2,6,9-14H2,1H3/t16-/m0/s1. The average Bonchev–Trinajstić information content (AvgIpc) is 2.55. The molecule has 1 aliphatic heterocycles. The molecule has 1 saturated heterocycles. The predicted octanol–water partition coefficient (Wildman–Crippen LogP) is 2.10. The number of carbonyl (C=O) groups excluding carboxylic acids is 1. The van der Waals surface area contributed by atoms with Crippen LogP contribution in [0.4, 0.5) is 4.79 Å². The molecular formula is C17H26N2O3. The van der Waals surface area contributed by atoms with E-state index in [-0.39, 0.29) is 18.7 Å². The molecule has 0 aromatic heterocycles. The summed E-state index contributed by atoms with van der Waals surface area (Å²) in [5.41, 5.74) is 0.998. The van der Waals surface area contributed by atoms with Gasteiger partial charge in [-0.3, -0.25) is 4.90 Å². The van der Waals surface area contributed by atoms with Gasteiger partial charge in [-0.1, -0.05) is 30.3 Å². The molecule has 0 bridgehead atoms. The number of β-amino-alcohol motifs (C(OH)–C–C–N with tert-alkyl or cyclic N) is 1. The number of nitrogens with zero attached hydrogens (tertiary/aromatic N) is 2. The topological polar surface area (TPSA) is 53.0 Å². The van der Waals surface area contributed by atoms with E-state index >= 15 is 0 Å². The van der Waals surface area contributed by atoms with Crippen LogP contribution in [0.1, 0.15) is 25.3 Å². The Kier molecular flexibility index (Phi) is 6.68. The molecule has 1 heterocycles. The lowest BCUT2D eigenvalue weighted by atomic mass is 10.0. The summed E-state index contributed by atoms with van der Waals surface area (Å²) in [5.74, 6) is 0. The number of benzene rings is 1. The number of rotatable bonds is 6. The number of likely N-dealkylation sites (tertiary alicyclic amines) is 1. The van der Waals surface area contributed by atoms with E-state index in [1.54, 1.807) is 0 Å². The fourth-order valence-corrected chi connectivity index (χ4v) is 2.97. The van der Waals surface area contributed by atoms with Crippen LogP contribution in [0, 0.1) is 0 Å². The summed E-state index contributed by atoms with van der Waals surface area (Å²) >= 11 is 0. The minimum absolute atomic E-state index is 0.164. The van der Waals surface area contributed by atoms with Crippen molar-refractivity contribution in [1.29, 1.82) is 0 Å². The summed E-state index contributed by atoms with van der Waals surface area (Å²) in [4.78, 5) is 16.4. The summed E-state index contributed by atoms with van der Waals surface area (Å²) in [6.07, 6.45) is 1.80. The number of ether oxygens (including phenoxy) is 1. The average molecular weight is 306 g/mol. The molecule has 5 heteroatoms. The van der Waals surface area contributed by atoms with Gasteiger partial charge < -0.3 is 14.7 Å². The lowest BCUT2D eigenvalue weighted by Gasteiger charge is -2.38. The molecule has 2 rings (SSSR count). The lowest BCUT2D eigenvalue weighted by Crippen LogP contribution is -2.50. The number of hydrogen-bond donors (Lipinski definition) is 1. The van der Waals surface area contributed by atoms with Crippen molar-refractivity contribution in [2.75, 3.05) is 32.8 Å². The number of piperidine rings is 1. The third kappa shape index (κ3) is 4.71. The highest BCUT2D eigenvalue weighted by molar-refractivity contribution is 5.68. The van der Waals surface area contributed by atoms with E-state index in [0.717, 1.165) is 31.5 Å². The van der Waals surface area contributed by atoms with Gasteiger partial charge in [0.25, 0.3) is 0 Å². The van der Waals surface area contributed by atoms with Crippen molar-refractivity contribution in [2.45, 2.75) is 32.4 Å². The van der Waals surface area contributed by atoms with Crippen molar-refractivity contribution in [2.24, 2.45) is 0 Å². The zero-order valence-electron chi connectivity index (χ0n) is 13.3. The first-order valence-corrected chi connectivity index (χ1v) is 8.05. The molecule has 0 aliphatic carbocycles. The lowest BCUT2D eigenvalue weighted by molar-refractivity contribution is 0.0549. The second-order valence-corrected chi connectivity index (χ2v) is 5.65. The Morgan fingerprint density at radius 3 is 2.86 bits per heavy atom. The minimum atomic E-state index is -0.248. The number of aliphatic hydroxyl groups excluding tert-OH is 1. The molecule has 1 fully saturated rings. The van der Waals surface area contributed by atoms with Crippen LogP contribution in [0.2, 0.25) is 0 Å². The number of hydrogen-bond acceptors (Lipinski definition) is 4. The molecule has 0 radical (unpaired) electrons. The Bertz CT molecular complexity index is 450. The smallest absolute Gasteiger partial charge is 0.410 e. The van der Waals surface area contributed by atoms with E-state index < -0.39 is 0 Å². The van der Waals surface area contributed by atoms with E-state index in [2.05, 4.69) is 4.90 Å². The van der Waals surface area contributed by atoms with Gasteiger partial charge >= 0.3 is 6.09 Å². The van der Waals surface area contributed by atoms with Gasteiger partial charge in [0, 0.05) is 25.7 Å². The van der Waals surface area contributed by atoms with Gasteiger partial charge in [-0.15, -0.1) is 0 Å². The molecule has 1 amide bonds. The van der Waals surface area contributed by atoms with Crippen LogP contribution in [0.25, 0.3) is 0 Å². The number of amides is 1. The van der Waals surface area contributed by atoms with E-state index in [1.165, 1.54) is 0 Å². The first kappa shape index (κ1) is 16.8. The van der Waals surface area contributed by atoms with E-state index in [0.29, 0.717) is 19.7 Å². The first-order valence-electron chi connectivity index (χ1n) is 8.05. The quantitative estimate of drug-likeness (QED) is 0.874. The maximum absolute atomic E-state index is 12.3. The highest BCUT2D eigenvalue weighted by atomic mass is 16.6. The fraction of sp³-hybridized carbons (Fsp3) is 0.588. The monoisotopic (exact) mass is 306 g/mol. The maximum atomic E-state index is 12.3. The molecule has 1 aliphatic rings. The molecule has 1 N–H and O–H groups in total. The summed E-state index contributed by atoms with van der Waals surface area (Å²) in [5, 5.41) is 9.07. The molecule has 1 atom stereocenters. The Balaban J connectivity index is 1.88. The molecule has 22 heavy (non-hydrogen) atoms. The molecular weight excluding hydrogens is 280 g/mol. The highest BCUT2D eigenvalue weighted by Crippen LogP contribution is 2.17. The van der Waals surface area contributed by atoms with Crippen molar-refractivity contribution in [3.05, 3.63) is 35.9 Å². The van der Waals surface area contributed by atoms with Gasteiger partial charge in [0.05, 0.1) is 6.61 Å². The van der Waals surface area contributed by atoms with Gasteiger partial charge in [0.15, 0.2) is 0 Å². The number of carbonyl (C=O) groups is 1. The largest absolute Gasteiger partial charge is 0.445 e. The number of aliphatic hydroxyl groups is 1. The Morgan fingerprint density at radius 2 is 2.18 bits per heavy atom.